The Morgan fingerprint density at radius 3 is 2.26 bits per heavy atom. The van der Waals surface area contributed by atoms with E-state index in [1.807, 2.05) is 30.3 Å². The molecule has 5 nitrogen and oxygen atoms in total. The molecule has 200 valence electrons. The van der Waals surface area contributed by atoms with Crippen LogP contribution in [-0.2, 0) is 12.6 Å². The van der Waals surface area contributed by atoms with Gasteiger partial charge in [-0.05, 0) is 67.6 Å². The average Bonchev–Trinajstić information content (AvgIpc) is 2.93. The van der Waals surface area contributed by atoms with E-state index in [9.17, 15) is 22.8 Å². The number of hydrogen-bond donors (Lipinski definition) is 0. The van der Waals surface area contributed by atoms with Gasteiger partial charge in [-0.1, -0.05) is 42.5 Å². The Bertz CT molecular complexity index is 1230. The number of hydrogen-bond acceptors (Lipinski definition) is 3. The summed E-state index contributed by atoms with van der Waals surface area (Å²) in [6.07, 6.45) is -1.75. The maximum Gasteiger partial charge on any atom is 0.416 e. The molecule has 1 aliphatic heterocycles. The van der Waals surface area contributed by atoms with E-state index in [4.69, 9.17) is 4.74 Å². The van der Waals surface area contributed by atoms with Crippen LogP contribution in [0.2, 0.25) is 0 Å². The fourth-order valence-electron chi connectivity index (χ4n) is 4.63. The minimum atomic E-state index is -4.48. The SMILES string of the molecule is CN1CCCCCN(C(=O)c2ccc(C(F)(F)F)cc2)[C@H](Cc2ccccc2)COc2ccccc2C1=O. The molecule has 1 atom stereocenters. The van der Waals surface area contributed by atoms with Crippen LogP contribution < -0.4 is 4.74 Å². The highest BCUT2D eigenvalue weighted by molar-refractivity contribution is 5.97. The first kappa shape index (κ1) is 27.2. The zero-order valence-corrected chi connectivity index (χ0v) is 21.3. The Labute approximate surface area is 220 Å². The molecule has 0 radical (unpaired) electrons. The Kier molecular flexibility index (Phi) is 8.71. The molecule has 4 rings (SSSR count). The van der Waals surface area contributed by atoms with E-state index in [1.54, 1.807) is 41.1 Å². The van der Waals surface area contributed by atoms with Crippen LogP contribution in [0.1, 0.15) is 51.1 Å². The smallest absolute Gasteiger partial charge is 0.416 e. The molecule has 0 saturated carbocycles. The van der Waals surface area contributed by atoms with Gasteiger partial charge >= 0.3 is 6.18 Å². The van der Waals surface area contributed by atoms with Crippen LogP contribution >= 0.6 is 0 Å². The second kappa shape index (κ2) is 12.2. The lowest BCUT2D eigenvalue weighted by atomic mass is 10.0. The second-order valence-corrected chi connectivity index (χ2v) is 9.51. The summed E-state index contributed by atoms with van der Waals surface area (Å²) in [5, 5.41) is 0. The van der Waals surface area contributed by atoms with Crippen LogP contribution in [0.15, 0.2) is 78.9 Å². The summed E-state index contributed by atoms with van der Waals surface area (Å²) in [6, 6.07) is 20.7. The van der Waals surface area contributed by atoms with E-state index in [0.717, 1.165) is 30.5 Å². The largest absolute Gasteiger partial charge is 0.491 e. The van der Waals surface area contributed by atoms with Crippen molar-refractivity contribution in [2.45, 2.75) is 37.9 Å². The van der Waals surface area contributed by atoms with Crippen molar-refractivity contribution in [3.63, 3.8) is 0 Å². The molecule has 0 aliphatic carbocycles. The molecular weight excluding hydrogens is 493 g/mol. The lowest BCUT2D eigenvalue weighted by Gasteiger charge is -2.32. The van der Waals surface area contributed by atoms with Crippen molar-refractivity contribution in [3.8, 4) is 5.75 Å². The molecule has 0 N–H and O–H groups in total. The normalized spacial score (nSPS) is 17.5. The standard InChI is InChI=1S/C30H31F3N2O3/c1-34-18-8-3-9-19-35(28(36)23-14-16-24(17-15-23)30(31,32)33)25(20-22-10-4-2-5-11-22)21-38-27-13-7-6-12-26(27)29(34)37/h2,4-7,10-17,25H,3,8-9,18-21H2,1H3/t25-/m1/s1. The van der Waals surface area contributed by atoms with Gasteiger partial charge < -0.3 is 14.5 Å². The molecular formula is C30H31F3N2O3. The molecule has 0 bridgehead atoms. The summed E-state index contributed by atoms with van der Waals surface area (Å²) in [5.74, 6) is -0.0414. The summed E-state index contributed by atoms with van der Waals surface area (Å²) in [4.78, 5) is 30.2. The van der Waals surface area contributed by atoms with Gasteiger partial charge in [0.1, 0.15) is 12.4 Å². The Morgan fingerprint density at radius 2 is 1.55 bits per heavy atom. The molecule has 3 aromatic carbocycles. The topological polar surface area (TPSA) is 49.9 Å². The number of carbonyl (C=O) groups is 2. The van der Waals surface area contributed by atoms with Gasteiger partial charge in [0.05, 0.1) is 17.2 Å². The summed E-state index contributed by atoms with van der Waals surface area (Å²) >= 11 is 0. The molecule has 0 fully saturated rings. The highest BCUT2D eigenvalue weighted by Gasteiger charge is 2.31. The predicted molar refractivity (Wildman–Crippen MR) is 139 cm³/mol. The molecule has 1 heterocycles. The molecule has 8 heteroatoms. The monoisotopic (exact) mass is 524 g/mol. The zero-order valence-electron chi connectivity index (χ0n) is 21.3. The maximum absolute atomic E-state index is 13.7. The first-order chi connectivity index (χ1) is 18.2. The fourth-order valence-corrected chi connectivity index (χ4v) is 4.63. The van der Waals surface area contributed by atoms with Gasteiger partial charge in [-0.2, -0.15) is 13.2 Å². The van der Waals surface area contributed by atoms with Crippen LogP contribution in [0.4, 0.5) is 13.2 Å². The van der Waals surface area contributed by atoms with Crippen LogP contribution in [0.25, 0.3) is 0 Å². The van der Waals surface area contributed by atoms with Crippen LogP contribution in [-0.4, -0.2) is 54.4 Å². The molecule has 0 unspecified atom stereocenters. The third-order valence-electron chi connectivity index (χ3n) is 6.76. The molecule has 0 spiro atoms. The van der Waals surface area contributed by atoms with E-state index >= 15 is 0 Å². The fraction of sp³-hybridized carbons (Fsp3) is 0.333. The minimum Gasteiger partial charge on any atom is -0.491 e. The first-order valence-electron chi connectivity index (χ1n) is 12.7. The quantitative estimate of drug-likeness (QED) is 0.417. The minimum absolute atomic E-state index is 0.120. The number of amides is 2. The van der Waals surface area contributed by atoms with E-state index in [-0.39, 0.29) is 24.0 Å². The van der Waals surface area contributed by atoms with Gasteiger partial charge in [0, 0.05) is 25.7 Å². The van der Waals surface area contributed by atoms with E-state index in [0.29, 0.717) is 37.2 Å². The van der Waals surface area contributed by atoms with E-state index < -0.39 is 17.8 Å². The molecule has 1 aliphatic rings. The zero-order chi connectivity index (χ0) is 27.1. The van der Waals surface area contributed by atoms with E-state index in [2.05, 4.69) is 0 Å². The third kappa shape index (κ3) is 6.73. The Hall–Kier alpha value is -3.81. The van der Waals surface area contributed by atoms with Crippen molar-refractivity contribution in [2.24, 2.45) is 0 Å². The third-order valence-corrected chi connectivity index (χ3v) is 6.76. The number of fused-ring (bicyclic) bond motifs is 1. The highest BCUT2D eigenvalue weighted by atomic mass is 19.4. The van der Waals surface area contributed by atoms with Gasteiger partial charge in [-0.25, -0.2) is 0 Å². The van der Waals surface area contributed by atoms with Crippen molar-refractivity contribution in [1.29, 1.82) is 0 Å². The lowest BCUT2D eigenvalue weighted by molar-refractivity contribution is -0.137. The van der Waals surface area contributed by atoms with Crippen molar-refractivity contribution < 1.29 is 27.5 Å². The van der Waals surface area contributed by atoms with Gasteiger partial charge in [-0.15, -0.1) is 0 Å². The lowest BCUT2D eigenvalue weighted by Crippen LogP contribution is -2.45. The van der Waals surface area contributed by atoms with Crippen molar-refractivity contribution in [1.82, 2.24) is 9.80 Å². The van der Waals surface area contributed by atoms with Gasteiger partial charge in [0.25, 0.3) is 11.8 Å². The van der Waals surface area contributed by atoms with Crippen LogP contribution in [0.3, 0.4) is 0 Å². The maximum atomic E-state index is 13.7. The average molecular weight is 525 g/mol. The van der Waals surface area contributed by atoms with Crippen LogP contribution in [0, 0.1) is 0 Å². The Balaban J connectivity index is 1.68. The van der Waals surface area contributed by atoms with Crippen molar-refractivity contribution >= 4 is 11.8 Å². The van der Waals surface area contributed by atoms with E-state index in [1.165, 1.54) is 12.1 Å². The number of rotatable bonds is 3. The number of nitrogens with zero attached hydrogens (tertiary/aromatic N) is 2. The molecule has 2 amide bonds. The van der Waals surface area contributed by atoms with Crippen molar-refractivity contribution in [2.75, 3.05) is 26.7 Å². The summed E-state index contributed by atoms with van der Waals surface area (Å²) in [7, 11) is 1.76. The number of para-hydroxylation sites is 1. The number of benzene rings is 3. The molecule has 0 saturated heterocycles. The summed E-state index contributed by atoms with van der Waals surface area (Å²) < 4.78 is 45.5. The predicted octanol–water partition coefficient (Wildman–Crippen LogP) is 6.09. The summed E-state index contributed by atoms with van der Waals surface area (Å²) in [5.41, 5.74) is 0.845. The van der Waals surface area contributed by atoms with Gasteiger partial charge in [0.2, 0.25) is 0 Å². The Morgan fingerprint density at radius 1 is 0.895 bits per heavy atom. The van der Waals surface area contributed by atoms with Gasteiger partial charge in [-0.3, -0.25) is 9.59 Å². The first-order valence-corrected chi connectivity index (χ1v) is 12.7. The van der Waals surface area contributed by atoms with Crippen molar-refractivity contribution in [3.05, 3.63) is 101 Å². The number of alkyl halides is 3. The molecule has 3 aromatic rings. The number of carbonyl (C=O) groups excluding carboxylic acids is 2. The second-order valence-electron chi connectivity index (χ2n) is 9.51. The highest BCUT2D eigenvalue weighted by Crippen LogP contribution is 2.29. The number of ether oxygens (including phenoxy) is 1. The number of halogens is 3. The van der Waals surface area contributed by atoms with Crippen LogP contribution in [0.5, 0.6) is 5.75 Å². The molecule has 38 heavy (non-hydrogen) atoms. The van der Waals surface area contributed by atoms with Gasteiger partial charge in [0.15, 0.2) is 0 Å². The molecule has 0 aromatic heterocycles. The summed E-state index contributed by atoms with van der Waals surface area (Å²) in [6.45, 7) is 1.10.